The Morgan fingerprint density at radius 2 is 1.79 bits per heavy atom. The molecule has 1 aliphatic carbocycles. The fraction of sp³-hybridized carbons (Fsp3) is 0.929. The second kappa shape index (κ2) is 10.1. The van der Waals surface area contributed by atoms with Crippen LogP contribution in [0.5, 0.6) is 0 Å². The molecule has 1 saturated heterocycles. The highest BCUT2D eigenvalue weighted by Crippen LogP contribution is 2.25. The van der Waals surface area contributed by atoms with Gasteiger partial charge in [0.2, 0.25) is 0 Å². The number of hydrogen-bond donors (Lipinski definition) is 2. The molecule has 0 amide bonds. The third-order valence-corrected chi connectivity index (χ3v) is 5.43. The lowest BCUT2D eigenvalue weighted by Crippen LogP contribution is -2.42. The summed E-state index contributed by atoms with van der Waals surface area (Å²) in [5.41, 5.74) is 0. The molecule has 0 bridgehead atoms. The van der Waals surface area contributed by atoms with Gasteiger partial charge in [-0.2, -0.15) is 11.8 Å². The molecule has 2 rings (SSSR count). The van der Waals surface area contributed by atoms with Gasteiger partial charge in [0.1, 0.15) is 0 Å². The van der Waals surface area contributed by atoms with Crippen LogP contribution in [0.1, 0.15) is 44.9 Å². The van der Waals surface area contributed by atoms with Crippen molar-refractivity contribution in [2.24, 2.45) is 10.9 Å². The maximum Gasteiger partial charge on any atom is 0.191 e. The summed E-state index contributed by atoms with van der Waals surface area (Å²) in [5.74, 6) is 3.19. The highest BCUT2D eigenvalue weighted by atomic mass is 127. The zero-order valence-electron chi connectivity index (χ0n) is 12.0. The first kappa shape index (κ1) is 17.4. The first-order valence-corrected chi connectivity index (χ1v) is 8.49. The van der Waals surface area contributed by atoms with E-state index in [9.17, 15) is 0 Å². The van der Waals surface area contributed by atoms with Crippen LogP contribution in [0.25, 0.3) is 0 Å². The zero-order chi connectivity index (χ0) is 12.6. The third-order valence-electron chi connectivity index (χ3n) is 4.03. The largest absolute Gasteiger partial charge is 0.356 e. The molecule has 0 aromatic rings. The van der Waals surface area contributed by atoms with Crippen molar-refractivity contribution in [1.29, 1.82) is 0 Å². The molecule has 0 aromatic carbocycles. The van der Waals surface area contributed by atoms with Gasteiger partial charge < -0.3 is 10.6 Å². The Bertz CT molecular complexity index is 261. The molecule has 3 nitrogen and oxygen atoms in total. The zero-order valence-corrected chi connectivity index (χ0v) is 15.1. The summed E-state index contributed by atoms with van der Waals surface area (Å²) >= 11 is 2.10. The molecule has 1 aliphatic heterocycles. The molecular formula is C14H28IN3S. The van der Waals surface area contributed by atoms with Gasteiger partial charge in [0.05, 0.1) is 0 Å². The van der Waals surface area contributed by atoms with Crippen molar-refractivity contribution in [1.82, 2.24) is 10.6 Å². The predicted octanol–water partition coefficient (Wildman–Crippen LogP) is 3.25. The van der Waals surface area contributed by atoms with Crippen molar-refractivity contribution in [3.8, 4) is 0 Å². The van der Waals surface area contributed by atoms with Gasteiger partial charge in [0.25, 0.3) is 0 Å². The molecule has 1 atom stereocenters. The average Bonchev–Trinajstić information content (AvgIpc) is 2.93. The van der Waals surface area contributed by atoms with Gasteiger partial charge in [0, 0.05) is 25.4 Å². The number of halogens is 1. The predicted molar refractivity (Wildman–Crippen MR) is 96.8 cm³/mol. The van der Waals surface area contributed by atoms with E-state index in [2.05, 4.69) is 27.4 Å². The summed E-state index contributed by atoms with van der Waals surface area (Å²) in [7, 11) is 1.87. The summed E-state index contributed by atoms with van der Waals surface area (Å²) in [6.07, 6.45) is 9.78. The monoisotopic (exact) mass is 397 g/mol. The Hall–Kier alpha value is 0.350. The molecule has 2 N–H and O–H groups in total. The lowest BCUT2D eigenvalue weighted by atomic mass is 9.89. The summed E-state index contributed by atoms with van der Waals surface area (Å²) in [6.45, 7) is 2.16. The van der Waals surface area contributed by atoms with Crippen molar-refractivity contribution >= 4 is 41.7 Å². The Balaban J connectivity index is 0.00000180. The molecule has 0 spiro atoms. The van der Waals surface area contributed by atoms with Crippen LogP contribution in [0.4, 0.5) is 0 Å². The highest BCUT2D eigenvalue weighted by molar-refractivity contribution is 14.0. The number of thioether (sulfide) groups is 1. The molecule has 5 heteroatoms. The molecule has 1 heterocycles. The van der Waals surface area contributed by atoms with Crippen LogP contribution >= 0.6 is 35.7 Å². The van der Waals surface area contributed by atoms with E-state index in [0.717, 1.165) is 30.2 Å². The Labute approximate surface area is 139 Å². The maximum atomic E-state index is 4.32. The molecule has 1 unspecified atom stereocenters. The summed E-state index contributed by atoms with van der Waals surface area (Å²) in [4.78, 5) is 4.32. The topological polar surface area (TPSA) is 36.4 Å². The van der Waals surface area contributed by atoms with Crippen molar-refractivity contribution in [2.75, 3.05) is 25.9 Å². The summed E-state index contributed by atoms with van der Waals surface area (Å²) in [6, 6.07) is 0. The average molecular weight is 397 g/mol. The summed E-state index contributed by atoms with van der Waals surface area (Å²) < 4.78 is 0. The van der Waals surface area contributed by atoms with E-state index in [1.165, 1.54) is 50.7 Å². The minimum Gasteiger partial charge on any atom is -0.356 e. The van der Waals surface area contributed by atoms with Gasteiger partial charge in [-0.25, -0.2) is 0 Å². The van der Waals surface area contributed by atoms with Gasteiger partial charge in [-0.15, -0.1) is 24.0 Å². The molecule has 1 saturated carbocycles. The van der Waals surface area contributed by atoms with Gasteiger partial charge in [0.15, 0.2) is 5.96 Å². The van der Waals surface area contributed by atoms with Crippen LogP contribution in [0.15, 0.2) is 4.99 Å². The van der Waals surface area contributed by atoms with Crippen LogP contribution in [0, 0.1) is 5.92 Å². The van der Waals surface area contributed by atoms with Crippen LogP contribution in [-0.2, 0) is 0 Å². The minimum absolute atomic E-state index is 0. The van der Waals surface area contributed by atoms with Crippen molar-refractivity contribution in [3.05, 3.63) is 0 Å². The number of aliphatic imine (C=N–C) groups is 1. The van der Waals surface area contributed by atoms with E-state index in [0.29, 0.717) is 0 Å². The quantitative estimate of drug-likeness (QED) is 0.435. The Morgan fingerprint density at radius 1 is 1.05 bits per heavy atom. The fourth-order valence-electron chi connectivity index (χ4n) is 2.87. The highest BCUT2D eigenvalue weighted by Gasteiger charge is 2.16. The maximum absolute atomic E-state index is 4.32. The van der Waals surface area contributed by atoms with E-state index in [1.807, 2.05) is 7.05 Å². The van der Waals surface area contributed by atoms with Gasteiger partial charge in [-0.3, -0.25) is 4.99 Å². The van der Waals surface area contributed by atoms with Gasteiger partial charge in [-0.1, -0.05) is 19.3 Å². The molecular weight excluding hydrogens is 369 g/mol. The lowest BCUT2D eigenvalue weighted by molar-refractivity contribution is 0.356. The van der Waals surface area contributed by atoms with E-state index < -0.39 is 0 Å². The molecule has 0 radical (unpaired) electrons. The first-order valence-electron chi connectivity index (χ1n) is 7.44. The third kappa shape index (κ3) is 6.56. The minimum atomic E-state index is 0. The lowest BCUT2D eigenvalue weighted by Gasteiger charge is -2.23. The number of guanidine groups is 1. The van der Waals surface area contributed by atoms with Crippen LogP contribution in [0.3, 0.4) is 0 Å². The fourth-order valence-corrected chi connectivity index (χ4v) is 4.07. The first-order chi connectivity index (χ1) is 8.88. The van der Waals surface area contributed by atoms with E-state index in [-0.39, 0.29) is 24.0 Å². The van der Waals surface area contributed by atoms with E-state index in [4.69, 9.17) is 0 Å². The SMILES string of the molecule is CN=C(NCC1CCCCC1)NCC1CCCS1.I. The van der Waals surface area contributed by atoms with E-state index in [1.54, 1.807) is 0 Å². The van der Waals surface area contributed by atoms with E-state index >= 15 is 0 Å². The summed E-state index contributed by atoms with van der Waals surface area (Å²) in [5, 5.41) is 7.75. The van der Waals surface area contributed by atoms with Gasteiger partial charge >= 0.3 is 0 Å². The van der Waals surface area contributed by atoms with Crippen LogP contribution < -0.4 is 10.6 Å². The second-order valence-corrected chi connectivity index (χ2v) is 6.88. The van der Waals surface area contributed by atoms with Crippen LogP contribution in [0.2, 0.25) is 0 Å². The number of hydrogen-bond acceptors (Lipinski definition) is 2. The molecule has 2 fully saturated rings. The number of nitrogens with zero attached hydrogens (tertiary/aromatic N) is 1. The van der Waals surface area contributed by atoms with Crippen molar-refractivity contribution in [3.63, 3.8) is 0 Å². The Kier molecular flexibility index (Phi) is 9.28. The smallest absolute Gasteiger partial charge is 0.191 e. The second-order valence-electron chi connectivity index (χ2n) is 5.47. The standard InChI is InChI=1S/C14H27N3S.HI/c1-15-14(17-11-13-8-5-9-18-13)16-10-12-6-3-2-4-7-12;/h12-13H,2-11H2,1H3,(H2,15,16,17);1H. The Morgan fingerprint density at radius 3 is 2.42 bits per heavy atom. The molecule has 0 aromatic heterocycles. The normalized spacial score (nSPS) is 24.9. The molecule has 2 aliphatic rings. The number of rotatable bonds is 4. The van der Waals surface area contributed by atoms with Crippen molar-refractivity contribution in [2.45, 2.75) is 50.2 Å². The van der Waals surface area contributed by atoms with Crippen molar-refractivity contribution < 1.29 is 0 Å². The molecule has 19 heavy (non-hydrogen) atoms. The molecule has 112 valence electrons. The van der Waals surface area contributed by atoms with Gasteiger partial charge in [-0.05, 0) is 37.4 Å². The van der Waals surface area contributed by atoms with Crippen LogP contribution in [-0.4, -0.2) is 37.1 Å². The number of nitrogens with one attached hydrogen (secondary N) is 2.